The van der Waals surface area contributed by atoms with E-state index in [0.29, 0.717) is 24.1 Å². The molecule has 0 radical (unpaired) electrons. The number of rotatable bonds is 9. The van der Waals surface area contributed by atoms with E-state index in [9.17, 15) is 9.90 Å². The van der Waals surface area contributed by atoms with E-state index >= 15 is 0 Å². The Morgan fingerprint density at radius 3 is 2.31 bits per heavy atom. The molecule has 1 aliphatic carbocycles. The van der Waals surface area contributed by atoms with Gasteiger partial charge in [0.05, 0.1) is 11.3 Å². The molecule has 42 heavy (non-hydrogen) atoms. The van der Waals surface area contributed by atoms with Gasteiger partial charge in [0.15, 0.2) is 11.5 Å². The molecular formula is C32H50N8O2. The molecule has 0 unspecified atom stereocenters. The Bertz CT molecular complexity index is 1230. The molecule has 5 N–H and O–H groups in total. The maximum absolute atomic E-state index is 12.4. The van der Waals surface area contributed by atoms with Crippen molar-refractivity contribution in [3.05, 3.63) is 35.2 Å². The van der Waals surface area contributed by atoms with Gasteiger partial charge in [-0.25, -0.2) is 9.97 Å². The second-order valence-corrected chi connectivity index (χ2v) is 12.6. The van der Waals surface area contributed by atoms with Crippen LogP contribution in [0.2, 0.25) is 0 Å². The van der Waals surface area contributed by atoms with Gasteiger partial charge in [0.25, 0.3) is 5.91 Å². The summed E-state index contributed by atoms with van der Waals surface area (Å²) in [5.41, 5.74) is 9.34. The molecule has 230 valence electrons. The van der Waals surface area contributed by atoms with Crippen LogP contribution in [0.1, 0.15) is 80.5 Å². The van der Waals surface area contributed by atoms with Crippen LogP contribution in [0.25, 0.3) is 0 Å². The molecule has 0 atom stereocenters. The van der Waals surface area contributed by atoms with E-state index < -0.39 is 11.5 Å². The molecule has 0 bridgehead atoms. The van der Waals surface area contributed by atoms with Gasteiger partial charge in [0.1, 0.15) is 5.82 Å². The highest BCUT2D eigenvalue weighted by Crippen LogP contribution is 2.34. The molecule has 2 saturated heterocycles. The number of piperidine rings is 1. The molecule has 1 amide bonds. The van der Waals surface area contributed by atoms with E-state index in [2.05, 4.69) is 62.5 Å². The van der Waals surface area contributed by atoms with Gasteiger partial charge in [0, 0.05) is 62.7 Å². The first-order chi connectivity index (χ1) is 20.2. The summed E-state index contributed by atoms with van der Waals surface area (Å²) in [7, 11) is 2.21. The zero-order chi connectivity index (χ0) is 29.9. The van der Waals surface area contributed by atoms with E-state index in [0.717, 1.165) is 69.7 Å². The van der Waals surface area contributed by atoms with E-state index in [1.807, 2.05) is 13.8 Å². The van der Waals surface area contributed by atoms with Gasteiger partial charge in [-0.2, -0.15) is 0 Å². The molecule has 1 aromatic carbocycles. The number of aryl methyl sites for hydroxylation is 2. The van der Waals surface area contributed by atoms with Gasteiger partial charge in [-0.15, -0.1) is 0 Å². The van der Waals surface area contributed by atoms with Crippen molar-refractivity contribution in [2.24, 2.45) is 5.73 Å². The van der Waals surface area contributed by atoms with Crippen LogP contribution >= 0.6 is 0 Å². The van der Waals surface area contributed by atoms with Crippen LogP contribution in [0.3, 0.4) is 0 Å². The Morgan fingerprint density at radius 1 is 1.02 bits per heavy atom. The van der Waals surface area contributed by atoms with Crippen LogP contribution in [-0.4, -0.2) is 94.8 Å². The van der Waals surface area contributed by atoms with Crippen LogP contribution in [0.4, 0.5) is 23.0 Å². The lowest BCUT2D eigenvalue weighted by atomic mass is 9.80. The Kier molecular flexibility index (Phi) is 9.54. The smallest absolute Gasteiger partial charge is 0.271 e. The van der Waals surface area contributed by atoms with E-state index in [-0.39, 0.29) is 11.7 Å². The van der Waals surface area contributed by atoms with Crippen molar-refractivity contribution >= 4 is 28.9 Å². The minimum atomic E-state index is -0.603. The largest absolute Gasteiger partial charge is 0.390 e. The quantitative estimate of drug-likeness (QED) is 0.351. The molecule has 1 saturated carbocycles. The lowest BCUT2D eigenvalue weighted by molar-refractivity contribution is -0.00196. The molecular weight excluding hydrogens is 528 g/mol. The number of aromatic nitrogens is 2. The number of nitrogens with zero attached hydrogens (tertiary/aromatic N) is 5. The van der Waals surface area contributed by atoms with E-state index in [4.69, 9.17) is 10.7 Å². The number of nitrogens with one attached hydrogen (secondary N) is 2. The molecule has 10 heteroatoms. The highest BCUT2D eigenvalue weighted by atomic mass is 16.3. The predicted octanol–water partition coefficient (Wildman–Crippen LogP) is 3.90. The Morgan fingerprint density at radius 2 is 1.71 bits per heavy atom. The van der Waals surface area contributed by atoms with Gasteiger partial charge in [-0.3, -0.25) is 9.69 Å². The normalized spacial score (nSPS) is 24.5. The lowest BCUT2D eigenvalue weighted by Gasteiger charge is -2.43. The zero-order valence-corrected chi connectivity index (χ0v) is 26.0. The van der Waals surface area contributed by atoms with Gasteiger partial charge < -0.3 is 31.3 Å². The van der Waals surface area contributed by atoms with E-state index in [1.54, 1.807) is 0 Å². The molecule has 2 aliphatic heterocycles. The number of hydrogen-bond donors (Lipinski definition) is 4. The zero-order valence-electron chi connectivity index (χ0n) is 26.0. The lowest BCUT2D eigenvalue weighted by Crippen LogP contribution is -2.52. The Balaban J connectivity index is 1.27. The maximum atomic E-state index is 12.4. The van der Waals surface area contributed by atoms with Crippen molar-refractivity contribution < 1.29 is 9.90 Å². The Hall–Kier alpha value is -2.95. The number of hydrogen-bond acceptors (Lipinski definition) is 9. The summed E-state index contributed by atoms with van der Waals surface area (Å²) in [5, 5.41) is 17.5. The fourth-order valence-electron chi connectivity index (χ4n) is 6.82. The van der Waals surface area contributed by atoms with Crippen molar-refractivity contribution in [3.8, 4) is 0 Å². The molecule has 2 aromatic rings. The van der Waals surface area contributed by atoms with Crippen molar-refractivity contribution in [3.63, 3.8) is 0 Å². The van der Waals surface area contributed by atoms with Crippen LogP contribution in [-0.2, 0) is 6.42 Å². The molecule has 3 fully saturated rings. The van der Waals surface area contributed by atoms with Crippen LogP contribution in [0, 0.1) is 6.92 Å². The Labute approximate surface area is 251 Å². The van der Waals surface area contributed by atoms with Crippen LogP contribution in [0.5, 0.6) is 0 Å². The summed E-state index contributed by atoms with van der Waals surface area (Å²) in [6.07, 6.45) is 7.04. The third-order valence-corrected chi connectivity index (χ3v) is 9.77. The van der Waals surface area contributed by atoms with Crippen molar-refractivity contribution in [2.75, 3.05) is 61.8 Å². The molecule has 3 aliphatic rings. The van der Waals surface area contributed by atoms with Crippen molar-refractivity contribution in [2.45, 2.75) is 89.8 Å². The van der Waals surface area contributed by atoms with Gasteiger partial charge in [0.2, 0.25) is 0 Å². The summed E-state index contributed by atoms with van der Waals surface area (Å²) >= 11 is 0. The highest BCUT2D eigenvalue weighted by molar-refractivity contribution is 5.96. The summed E-state index contributed by atoms with van der Waals surface area (Å²) in [5.74, 6) is 0.435. The van der Waals surface area contributed by atoms with Gasteiger partial charge in [-0.05, 0) is 89.1 Å². The second kappa shape index (κ2) is 13.1. The number of aliphatic hydroxyl groups is 1. The number of amides is 1. The third kappa shape index (κ3) is 6.98. The number of nitrogens with two attached hydrogens (primary N) is 1. The second-order valence-electron chi connectivity index (χ2n) is 12.6. The number of piperazine rings is 1. The van der Waals surface area contributed by atoms with Gasteiger partial charge >= 0.3 is 0 Å². The first-order valence-electron chi connectivity index (χ1n) is 15.9. The number of primary amides is 1. The molecule has 10 nitrogen and oxygen atoms in total. The van der Waals surface area contributed by atoms with Crippen molar-refractivity contribution in [1.82, 2.24) is 19.8 Å². The minimum absolute atomic E-state index is 0.147. The molecule has 0 spiro atoms. The summed E-state index contributed by atoms with van der Waals surface area (Å²) in [4.78, 5) is 29.5. The van der Waals surface area contributed by atoms with Crippen LogP contribution in [0.15, 0.2) is 18.2 Å². The maximum Gasteiger partial charge on any atom is 0.271 e. The fraction of sp³-hybridized carbons (Fsp3) is 0.656. The topological polar surface area (TPSA) is 123 Å². The monoisotopic (exact) mass is 578 g/mol. The summed E-state index contributed by atoms with van der Waals surface area (Å²) in [6.45, 7) is 13.0. The number of carbonyl (C=O) groups excluding carboxylic acids is 1. The average molecular weight is 579 g/mol. The SMILES string of the molecule is CCc1nc(C(N)=O)c(Nc2ccc(N3CCC(N4CCN(C)CC4)CC3)c(C)c2)nc1N[C@H]1CC[C@](O)(CC)CC1. The third-order valence-electron chi connectivity index (χ3n) is 9.77. The number of benzene rings is 1. The number of carbonyl (C=O) groups is 1. The first-order valence-corrected chi connectivity index (χ1v) is 15.9. The van der Waals surface area contributed by atoms with Crippen LogP contribution < -0.4 is 21.3 Å². The molecule has 3 heterocycles. The summed E-state index contributed by atoms with van der Waals surface area (Å²) < 4.78 is 0. The highest BCUT2D eigenvalue weighted by Gasteiger charge is 2.32. The van der Waals surface area contributed by atoms with Gasteiger partial charge in [-0.1, -0.05) is 13.8 Å². The number of anilines is 4. The number of likely N-dealkylation sites (N-methyl/N-ethyl adjacent to an activating group) is 1. The minimum Gasteiger partial charge on any atom is -0.390 e. The first kappa shape index (κ1) is 30.5. The van der Waals surface area contributed by atoms with E-state index in [1.165, 1.54) is 37.2 Å². The average Bonchev–Trinajstić information content (AvgIpc) is 2.99. The summed E-state index contributed by atoms with van der Waals surface area (Å²) in [6, 6.07) is 7.21. The standard InChI is InChI=1S/C32H50N8O2/c1-5-26-30(34-23-9-13-32(42,6-2)14-10-23)37-31(28(36-26)29(33)41)35-24-7-8-27(22(3)21-24)40-15-11-25(12-16-40)39-19-17-38(4)18-20-39/h7-8,21,23,25,42H,5-6,9-20H2,1-4H3,(H2,33,41)(H2,34,35,37)/t23-,32+. The molecule has 1 aromatic heterocycles. The molecule has 5 rings (SSSR count). The van der Waals surface area contributed by atoms with Crippen molar-refractivity contribution in [1.29, 1.82) is 0 Å². The fourth-order valence-corrected chi connectivity index (χ4v) is 6.82. The predicted molar refractivity (Wildman–Crippen MR) is 170 cm³/mol.